The average molecular weight is 257 g/mol. The number of pyridine rings is 1. The number of fused-ring (bicyclic) bond motifs is 1. The number of hydrogen-bond acceptors (Lipinski definition) is 2. The van der Waals surface area contributed by atoms with E-state index >= 15 is 0 Å². The van der Waals surface area contributed by atoms with Crippen LogP contribution in [0.15, 0.2) is 66.9 Å². The Kier molecular flexibility index (Phi) is 3.80. The van der Waals surface area contributed by atoms with Crippen LogP contribution in [0.1, 0.15) is 0 Å². The molecule has 0 atom stereocenters. The topological polar surface area (TPSA) is 24.9 Å². The first kappa shape index (κ1) is 12.4. The molecule has 3 aromatic rings. The number of rotatable bonds is 2. The van der Waals surface area contributed by atoms with Crippen LogP contribution in [0, 0.1) is 0 Å². The van der Waals surface area contributed by atoms with Crippen molar-refractivity contribution in [1.29, 1.82) is 0 Å². The highest BCUT2D eigenvalue weighted by Crippen LogP contribution is 2.24. The zero-order chi connectivity index (χ0) is 11.5. The van der Waals surface area contributed by atoms with E-state index in [2.05, 4.69) is 28.5 Å². The van der Waals surface area contributed by atoms with E-state index in [1.165, 1.54) is 0 Å². The second-order valence-electron chi connectivity index (χ2n) is 3.87. The van der Waals surface area contributed by atoms with E-state index in [-0.39, 0.29) is 12.4 Å². The molecule has 90 valence electrons. The van der Waals surface area contributed by atoms with E-state index in [4.69, 9.17) is 0 Å². The molecular weight excluding hydrogens is 244 g/mol. The van der Waals surface area contributed by atoms with Crippen LogP contribution in [0.2, 0.25) is 0 Å². The third-order valence-corrected chi connectivity index (χ3v) is 2.70. The molecule has 0 bridgehead atoms. The molecule has 3 heteroatoms. The molecule has 1 aromatic heterocycles. The van der Waals surface area contributed by atoms with Gasteiger partial charge in [0.05, 0.1) is 5.52 Å². The monoisotopic (exact) mass is 256 g/mol. The highest BCUT2D eigenvalue weighted by Gasteiger charge is 2.00. The fourth-order valence-corrected chi connectivity index (χ4v) is 1.88. The summed E-state index contributed by atoms with van der Waals surface area (Å²) in [5.41, 5.74) is 3.18. The maximum Gasteiger partial charge on any atom is 0.0722 e. The molecule has 2 aromatic carbocycles. The van der Waals surface area contributed by atoms with Crippen molar-refractivity contribution in [3.8, 4) is 0 Å². The van der Waals surface area contributed by atoms with E-state index in [0.29, 0.717) is 0 Å². The Labute approximate surface area is 112 Å². The van der Waals surface area contributed by atoms with Crippen molar-refractivity contribution in [2.45, 2.75) is 0 Å². The Bertz CT molecular complexity index is 633. The summed E-state index contributed by atoms with van der Waals surface area (Å²) in [7, 11) is 0. The molecule has 0 amide bonds. The van der Waals surface area contributed by atoms with Gasteiger partial charge in [-0.05, 0) is 24.3 Å². The van der Waals surface area contributed by atoms with Crippen LogP contribution in [-0.4, -0.2) is 4.98 Å². The van der Waals surface area contributed by atoms with Gasteiger partial charge < -0.3 is 5.32 Å². The molecule has 0 spiro atoms. The fourth-order valence-electron chi connectivity index (χ4n) is 1.88. The van der Waals surface area contributed by atoms with Gasteiger partial charge in [-0.1, -0.05) is 36.4 Å². The molecule has 2 nitrogen and oxygen atoms in total. The highest BCUT2D eigenvalue weighted by molar-refractivity contribution is 5.92. The summed E-state index contributed by atoms with van der Waals surface area (Å²) in [5.74, 6) is 0. The van der Waals surface area contributed by atoms with E-state index in [1.807, 2.05) is 48.7 Å². The van der Waals surface area contributed by atoms with Crippen LogP contribution in [0.25, 0.3) is 10.9 Å². The van der Waals surface area contributed by atoms with Crippen LogP contribution < -0.4 is 5.32 Å². The summed E-state index contributed by atoms with van der Waals surface area (Å²) in [6.45, 7) is 0. The van der Waals surface area contributed by atoms with Gasteiger partial charge in [-0.25, -0.2) is 0 Å². The SMILES string of the molecule is Cl.c1ccc(Nc2ccnc3ccccc23)cc1. The molecule has 0 fully saturated rings. The Morgan fingerprint density at radius 1 is 0.778 bits per heavy atom. The Morgan fingerprint density at radius 2 is 1.50 bits per heavy atom. The largest absolute Gasteiger partial charge is 0.355 e. The van der Waals surface area contributed by atoms with E-state index in [1.54, 1.807) is 0 Å². The third-order valence-electron chi connectivity index (χ3n) is 2.70. The van der Waals surface area contributed by atoms with Crippen LogP contribution in [0.5, 0.6) is 0 Å². The van der Waals surface area contributed by atoms with Crippen LogP contribution in [-0.2, 0) is 0 Å². The molecule has 0 aliphatic rings. The normalized spacial score (nSPS) is 9.78. The van der Waals surface area contributed by atoms with Crippen LogP contribution in [0.4, 0.5) is 11.4 Å². The van der Waals surface area contributed by atoms with Crippen molar-refractivity contribution >= 4 is 34.7 Å². The number of benzene rings is 2. The number of aromatic nitrogens is 1. The maximum absolute atomic E-state index is 4.34. The summed E-state index contributed by atoms with van der Waals surface area (Å²) in [5, 5.41) is 4.54. The average Bonchev–Trinajstić information content (AvgIpc) is 2.40. The number of halogens is 1. The van der Waals surface area contributed by atoms with Crippen LogP contribution in [0.3, 0.4) is 0 Å². The molecule has 1 N–H and O–H groups in total. The molecule has 1 heterocycles. The van der Waals surface area contributed by atoms with E-state index < -0.39 is 0 Å². The van der Waals surface area contributed by atoms with Crippen molar-refractivity contribution in [1.82, 2.24) is 4.98 Å². The third kappa shape index (κ3) is 2.44. The van der Waals surface area contributed by atoms with Gasteiger partial charge in [-0.2, -0.15) is 0 Å². The Hall–Kier alpha value is -2.06. The molecule has 18 heavy (non-hydrogen) atoms. The predicted molar refractivity (Wildman–Crippen MR) is 78.7 cm³/mol. The van der Waals surface area contributed by atoms with Gasteiger partial charge in [0.1, 0.15) is 0 Å². The van der Waals surface area contributed by atoms with E-state index in [9.17, 15) is 0 Å². The van der Waals surface area contributed by atoms with Crippen molar-refractivity contribution in [3.05, 3.63) is 66.9 Å². The van der Waals surface area contributed by atoms with Crippen molar-refractivity contribution < 1.29 is 0 Å². The smallest absolute Gasteiger partial charge is 0.0722 e. The second kappa shape index (κ2) is 5.52. The molecule has 3 rings (SSSR count). The summed E-state index contributed by atoms with van der Waals surface area (Å²) < 4.78 is 0. The van der Waals surface area contributed by atoms with Gasteiger partial charge in [0.25, 0.3) is 0 Å². The molecule has 0 radical (unpaired) electrons. The van der Waals surface area contributed by atoms with Gasteiger partial charge in [0.2, 0.25) is 0 Å². The summed E-state index contributed by atoms with van der Waals surface area (Å²) in [6, 6.07) is 20.3. The minimum absolute atomic E-state index is 0. The minimum atomic E-state index is 0. The number of anilines is 2. The van der Waals surface area contributed by atoms with Gasteiger partial charge in [0.15, 0.2) is 0 Å². The molecule has 0 unspecified atom stereocenters. The van der Waals surface area contributed by atoms with Gasteiger partial charge in [0, 0.05) is 23.0 Å². The number of para-hydroxylation sites is 2. The Balaban J connectivity index is 0.00000120. The van der Waals surface area contributed by atoms with E-state index in [0.717, 1.165) is 22.3 Å². The van der Waals surface area contributed by atoms with Crippen molar-refractivity contribution in [2.24, 2.45) is 0 Å². The van der Waals surface area contributed by atoms with Gasteiger partial charge in [-0.3, -0.25) is 4.98 Å². The van der Waals surface area contributed by atoms with Crippen molar-refractivity contribution in [2.75, 3.05) is 5.32 Å². The van der Waals surface area contributed by atoms with Crippen molar-refractivity contribution in [3.63, 3.8) is 0 Å². The second-order valence-corrected chi connectivity index (χ2v) is 3.87. The predicted octanol–water partition coefficient (Wildman–Crippen LogP) is 4.40. The quantitative estimate of drug-likeness (QED) is 0.735. The van der Waals surface area contributed by atoms with Crippen LogP contribution >= 0.6 is 12.4 Å². The first-order valence-electron chi connectivity index (χ1n) is 5.59. The first-order chi connectivity index (χ1) is 8.43. The first-order valence-corrected chi connectivity index (χ1v) is 5.59. The number of nitrogens with zero attached hydrogens (tertiary/aromatic N) is 1. The molecule has 0 aliphatic carbocycles. The zero-order valence-electron chi connectivity index (χ0n) is 9.71. The van der Waals surface area contributed by atoms with Gasteiger partial charge in [-0.15, -0.1) is 12.4 Å². The lowest BCUT2D eigenvalue weighted by atomic mass is 10.2. The lowest BCUT2D eigenvalue weighted by molar-refractivity contribution is 1.40. The minimum Gasteiger partial charge on any atom is -0.355 e. The molecule has 0 aliphatic heterocycles. The lowest BCUT2D eigenvalue weighted by Crippen LogP contribution is -1.91. The molecule has 0 saturated carbocycles. The number of hydrogen-bond donors (Lipinski definition) is 1. The molecule has 0 saturated heterocycles. The Morgan fingerprint density at radius 3 is 2.33 bits per heavy atom. The summed E-state index contributed by atoms with van der Waals surface area (Å²) >= 11 is 0. The summed E-state index contributed by atoms with van der Waals surface area (Å²) in [6.07, 6.45) is 1.83. The number of nitrogens with one attached hydrogen (secondary N) is 1. The standard InChI is InChI=1S/C15H12N2.ClH/c1-2-6-12(7-3-1)17-15-10-11-16-14-9-5-4-8-13(14)15;/h1-11H,(H,16,17);1H. The maximum atomic E-state index is 4.34. The summed E-state index contributed by atoms with van der Waals surface area (Å²) in [4.78, 5) is 4.34. The molecular formula is C15H13ClN2. The zero-order valence-corrected chi connectivity index (χ0v) is 10.5. The van der Waals surface area contributed by atoms with Gasteiger partial charge >= 0.3 is 0 Å². The highest BCUT2D eigenvalue weighted by atomic mass is 35.5. The fraction of sp³-hybridized carbons (Fsp3) is 0. The lowest BCUT2D eigenvalue weighted by Gasteiger charge is -2.08.